The number of halogens is 1. The number of guanidine groups is 1. The van der Waals surface area contributed by atoms with Gasteiger partial charge in [-0.3, -0.25) is 4.99 Å². The van der Waals surface area contributed by atoms with Crippen molar-refractivity contribution in [2.75, 3.05) is 19.6 Å². The number of hydrogen-bond acceptors (Lipinski definition) is 2. The first-order chi connectivity index (χ1) is 10.9. The molecule has 1 aliphatic rings. The summed E-state index contributed by atoms with van der Waals surface area (Å²) < 4.78 is 2.09. The largest absolute Gasteiger partial charge is 0.357 e. The summed E-state index contributed by atoms with van der Waals surface area (Å²) in [5, 5.41) is 6.78. The molecule has 0 bridgehead atoms. The van der Waals surface area contributed by atoms with Gasteiger partial charge in [-0.1, -0.05) is 25.7 Å². The van der Waals surface area contributed by atoms with Gasteiger partial charge in [0.05, 0.1) is 6.33 Å². The fourth-order valence-electron chi connectivity index (χ4n) is 3.10. The van der Waals surface area contributed by atoms with Crippen molar-refractivity contribution in [3.63, 3.8) is 0 Å². The van der Waals surface area contributed by atoms with Crippen LogP contribution < -0.4 is 10.6 Å². The highest BCUT2D eigenvalue weighted by molar-refractivity contribution is 14.0. The Morgan fingerprint density at radius 2 is 2.09 bits per heavy atom. The van der Waals surface area contributed by atoms with Crippen molar-refractivity contribution in [3.8, 4) is 0 Å². The maximum atomic E-state index is 4.64. The molecule has 1 heterocycles. The van der Waals surface area contributed by atoms with Crippen LogP contribution in [0, 0.1) is 5.92 Å². The molecule has 0 saturated heterocycles. The van der Waals surface area contributed by atoms with Crippen molar-refractivity contribution >= 4 is 29.9 Å². The number of aryl methyl sites for hydroxylation is 1. The highest BCUT2D eigenvalue weighted by Crippen LogP contribution is 2.28. The maximum Gasteiger partial charge on any atom is 0.191 e. The second-order valence-electron chi connectivity index (χ2n) is 6.13. The van der Waals surface area contributed by atoms with Gasteiger partial charge in [0.25, 0.3) is 0 Å². The first-order valence-corrected chi connectivity index (χ1v) is 8.86. The zero-order valence-corrected chi connectivity index (χ0v) is 16.7. The number of aliphatic imine (C=N–C) groups is 1. The molecule has 0 aliphatic heterocycles. The van der Waals surface area contributed by atoms with Crippen LogP contribution in [0.4, 0.5) is 0 Å². The van der Waals surface area contributed by atoms with Crippen LogP contribution in [0.15, 0.2) is 23.7 Å². The van der Waals surface area contributed by atoms with Crippen LogP contribution in [0.5, 0.6) is 0 Å². The number of rotatable bonds is 9. The van der Waals surface area contributed by atoms with E-state index in [1.54, 1.807) is 0 Å². The van der Waals surface area contributed by atoms with Crippen LogP contribution in [-0.4, -0.2) is 35.1 Å². The highest BCUT2D eigenvalue weighted by atomic mass is 127. The normalized spacial score (nSPS) is 15.4. The van der Waals surface area contributed by atoms with Gasteiger partial charge >= 0.3 is 0 Å². The molecule has 1 aromatic rings. The van der Waals surface area contributed by atoms with E-state index in [1.165, 1.54) is 38.5 Å². The molecule has 1 saturated carbocycles. The van der Waals surface area contributed by atoms with Crippen LogP contribution >= 0.6 is 24.0 Å². The van der Waals surface area contributed by atoms with Crippen LogP contribution in [0.2, 0.25) is 0 Å². The summed E-state index contributed by atoms with van der Waals surface area (Å²) in [6, 6.07) is 0. The van der Waals surface area contributed by atoms with Crippen molar-refractivity contribution in [1.29, 1.82) is 0 Å². The van der Waals surface area contributed by atoms with Gasteiger partial charge in [0.15, 0.2) is 5.96 Å². The molecule has 5 nitrogen and oxygen atoms in total. The standard InChI is InChI=1S/C17H31N5.HI/c1-2-19-17(20-10-5-9-16-7-3-4-8-16)21-11-6-13-22-14-12-18-15-22;/h12,14-16H,2-11,13H2,1H3,(H2,19,20,21);1H. The lowest BCUT2D eigenvalue weighted by molar-refractivity contribution is 0.481. The summed E-state index contributed by atoms with van der Waals surface area (Å²) in [4.78, 5) is 8.69. The average Bonchev–Trinajstić information content (AvgIpc) is 3.21. The first-order valence-electron chi connectivity index (χ1n) is 8.86. The van der Waals surface area contributed by atoms with E-state index in [9.17, 15) is 0 Å². The Balaban J connectivity index is 0.00000264. The van der Waals surface area contributed by atoms with Crippen LogP contribution in [0.3, 0.4) is 0 Å². The van der Waals surface area contributed by atoms with Crippen molar-refractivity contribution in [2.45, 2.75) is 58.4 Å². The van der Waals surface area contributed by atoms with Gasteiger partial charge in [0, 0.05) is 38.6 Å². The van der Waals surface area contributed by atoms with Crippen molar-refractivity contribution in [2.24, 2.45) is 10.9 Å². The minimum atomic E-state index is 0. The van der Waals surface area contributed by atoms with Gasteiger partial charge in [-0.15, -0.1) is 24.0 Å². The van der Waals surface area contributed by atoms with Gasteiger partial charge in [0.2, 0.25) is 0 Å². The van der Waals surface area contributed by atoms with Gasteiger partial charge in [-0.2, -0.15) is 0 Å². The number of nitrogens with zero attached hydrogens (tertiary/aromatic N) is 3. The molecule has 1 aromatic heterocycles. The Bertz CT molecular complexity index is 413. The molecule has 6 heteroatoms. The molecule has 0 radical (unpaired) electrons. The van der Waals surface area contributed by atoms with E-state index < -0.39 is 0 Å². The summed E-state index contributed by atoms with van der Waals surface area (Å²) >= 11 is 0. The van der Waals surface area contributed by atoms with E-state index in [1.807, 2.05) is 18.7 Å². The Hall–Kier alpha value is -0.790. The maximum absolute atomic E-state index is 4.64. The van der Waals surface area contributed by atoms with E-state index in [-0.39, 0.29) is 24.0 Å². The van der Waals surface area contributed by atoms with E-state index in [0.29, 0.717) is 0 Å². The predicted molar refractivity (Wildman–Crippen MR) is 107 cm³/mol. The molecular formula is C17H32IN5. The molecule has 0 amide bonds. The van der Waals surface area contributed by atoms with Gasteiger partial charge in [-0.05, 0) is 32.1 Å². The molecule has 0 spiro atoms. The molecule has 132 valence electrons. The average molecular weight is 433 g/mol. The zero-order valence-electron chi connectivity index (χ0n) is 14.3. The minimum Gasteiger partial charge on any atom is -0.357 e. The third-order valence-corrected chi connectivity index (χ3v) is 4.30. The second-order valence-corrected chi connectivity index (χ2v) is 6.13. The van der Waals surface area contributed by atoms with Crippen LogP contribution in [-0.2, 0) is 6.54 Å². The lowest BCUT2D eigenvalue weighted by Gasteiger charge is -2.13. The smallest absolute Gasteiger partial charge is 0.191 e. The summed E-state index contributed by atoms with van der Waals surface area (Å²) in [7, 11) is 0. The quantitative estimate of drug-likeness (QED) is 0.272. The lowest BCUT2D eigenvalue weighted by Crippen LogP contribution is -2.38. The van der Waals surface area contributed by atoms with Gasteiger partial charge in [-0.25, -0.2) is 4.98 Å². The second kappa shape index (κ2) is 12.6. The van der Waals surface area contributed by atoms with Crippen molar-refractivity contribution in [3.05, 3.63) is 18.7 Å². The summed E-state index contributed by atoms with van der Waals surface area (Å²) in [6.07, 6.45) is 15.1. The third-order valence-electron chi connectivity index (χ3n) is 4.30. The molecule has 0 atom stereocenters. The fourth-order valence-corrected chi connectivity index (χ4v) is 3.10. The Kier molecular flexibility index (Phi) is 11.1. The Morgan fingerprint density at radius 1 is 1.26 bits per heavy atom. The van der Waals surface area contributed by atoms with E-state index in [2.05, 4.69) is 32.1 Å². The van der Waals surface area contributed by atoms with Crippen molar-refractivity contribution in [1.82, 2.24) is 20.2 Å². The SMILES string of the molecule is CCNC(=NCCCn1ccnc1)NCCCC1CCCC1.I. The van der Waals surface area contributed by atoms with E-state index in [4.69, 9.17) is 0 Å². The minimum absolute atomic E-state index is 0. The zero-order chi connectivity index (χ0) is 15.5. The number of aromatic nitrogens is 2. The molecule has 23 heavy (non-hydrogen) atoms. The topological polar surface area (TPSA) is 54.2 Å². The molecule has 0 unspecified atom stereocenters. The number of hydrogen-bond donors (Lipinski definition) is 2. The fraction of sp³-hybridized carbons (Fsp3) is 0.765. The summed E-state index contributed by atoms with van der Waals surface area (Å²) in [5.74, 6) is 1.94. The number of imidazole rings is 1. The van der Waals surface area contributed by atoms with Crippen LogP contribution in [0.1, 0.15) is 51.9 Å². The molecule has 1 aliphatic carbocycles. The predicted octanol–water partition coefficient (Wildman–Crippen LogP) is 3.42. The Morgan fingerprint density at radius 3 is 2.78 bits per heavy atom. The summed E-state index contributed by atoms with van der Waals surface area (Å²) in [6.45, 7) is 5.88. The van der Waals surface area contributed by atoms with Crippen LogP contribution in [0.25, 0.3) is 0 Å². The molecule has 2 rings (SSSR count). The van der Waals surface area contributed by atoms with Gasteiger partial charge < -0.3 is 15.2 Å². The highest BCUT2D eigenvalue weighted by Gasteiger charge is 2.13. The molecule has 0 aromatic carbocycles. The monoisotopic (exact) mass is 433 g/mol. The van der Waals surface area contributed by atoms with E-state index >= 15 is 0 Å². The third kappa shape index (κ3) is 8.58. The lowest BCUT2D eigenvalue weighted by atomic mass is 10.0. The number of nitrogens with one attached hydrogen (secondary N) is 2. The molecule has 1 fully saturated rings. The Labute approximate surface area is 157 Å². The van der Waals surface area contributed by atoms with Crippen molar-refractivity contribution < 1.29 is 0 Å². The molecular weight excluding hydrogens is 401 g/mol. The van der Waals surface area contributed by atoms with E-state index in [0.717, 1.165) is 44.5 Å². The first kappa shape index (κ1) is 20.3. The van der Waals surface area contributed by atoms with Gasteiger partial charge in [0.1, 0.15) is 0 Å². The molecule has 2 N–H and O–H groups in total. The summed E-state index contributed by atoms with van der Waals surface area (Å²) in [5.41, 5.74) is 0.